The minimum atomic E-state index is 1.13. The minimum Gasteiger partial charge on any atom is -0.233 e. The molecule has 138 valence electrons. The second-order valence-electron chi connectivity index (χ2n) is 7.33. The van der Waals surface area contributed by atoms with Gasteiger partial charge < -0.3 is 0 Å². The summed E-state index contributed by atoms with van der Waals surface area (Å²) in [5.41, 5.74) is 1.30. The number of rotatable bonds is 13. The van der Waals surface area contributed by atoms with Gasteiger partial charge in [-0.1, -0.05) is 82.9 Å². The SMILES string of the molecule is CCCCCCCCCCCCCn1cc[n+](C)c1-c1ccccc1. The van der Waals surface area contributed by atoms with Crippen molar-refractivity contribution in [2.24, 2.45) is 7.05 Å². The van der Waals surface area contributed by atoms with Gasteiger partial charge in [-0.15, -0.1) is 0 Å². The molecule has 2 nitrogen and oxygen atoms in total. The van der Waals surface area contributed by atoms with Crippen molar-refractivity contribution in [3.8, 4) is 11.4 Å². The Labute approximate surface area is 154 Å². The third kappa shape index (κ3) is 7.05. The van der Waals surface area contributed by atoms with Crippen molar-refractivity contribution in [3.63, 3.8) is 0 Å². The van der Waals surface area contributed by atoms with Crippen LogP contribution in [0.2, 0.25) is 0 Å². The molecule has 2 aromatic rings. The molecule has 0 saturated carbocycles. The van der Waals surface area contributed by atoms with E-state index in [0.717, 1.165) is 6.54 Å². The largest absolute Gasteiger partial charge is 0.288 e. The Balaban J connectivity index is 1.60. The van der Waals surface area contributed by atoms with Gasteiger partial charge >= 0.3 is 0 Å². The van der Waals surface area contributed by atoms with E-state index in [0.29, 0.717) is 0 Å². The highest BCUT2D eigenvalue weighted by atomic mass is 15.1. The second kappa shape index (κ2) is 11.9. The zero-order valence-electron chi connectivity index (χ0n) is 16.4. The monoisotopic (exact) mass is 341 g/mol. The van der Waals surface area contributed by atoms with Crippen molar-refractivity contribution in [1.82, 2.24) is 4.57 Å². The third-order valence-electron chi connectivity index (χ3n) is 5.11. The van der Waals surface area contributed by atoms with E-state index in [1.807, 2.05) is 0 Å². The maximum Gasteiger partial charge on any atom is 0.288 e. The molecule has 0 radical (unpaired) electrons. The molecule has 0 aliphatic carbocycles. The molecule has 2 rings (SSSR count). The topological polar surface area (TPSA) is 8.81 Å². The van der Waals surface area contributed by atoms with E-state index in [2.05, 4.69) is 65.8 Å². The number of hydrogen-bond acceptors (Lipinski definition) is 0. The van der Waals surface area contributed by atoms with Crippen molar-refractivity contribution in [3.05, 3.63) is 42.7 Å². The highest BCUT2D eigenvalue weighted by Crippen LogP contribution is 2.17. The van der Waals surface area contributed by atoms with Gasteiger partial charge in [0.2, 0.25) is 0 Å². The molecule has 0 spiro atoms. The summed E-state index contributed by atoms with van der Waals surface area (Å²) in [4.78, 5) is 0. The van der Waals surface area contributed by atoms with E-state index < -0.39 is 0 Å². The lowest BCUT2D eigenvalue weighted by molar-refractivity contribution is -0.659. The van der Waals surface area contributed by atoms with Gasteiger partial charge in [0.15, 0.2) is 0 Å². The van der Waals surface area contributed by atoms with Crippen LogP contribution in [0, 0.1) is 0 Å². The van der Waals surface area contributed by atoms with Crippen LogP contribution in [0.15, 0.2) is 42.7 Å². The first-order valence-corrected chi connectivity index (χ1v) is 10.4. The summed E-state index contributed by atoms with van der Waals surface area (Å²) < 4.78 is 4.64. The Kier molecular flexibility index (Phi) is 9.40. The van der Waals surface area contributed by atoms with E-state index in [4.69, 9.17) is 0 Å². The Hall–Kier alpha value is -1.57. The van der Waals surface area contributed by atoms with Crippen LogP contribution in [0.4, 0.5) is 0 Å². The summed E-state index contributed by atoms with van der Waals surface area (Å²) >= 11 is 0. The van der Waals surface area contributed by atoms with Gasteiger partial charge in [-0.2, -0.15) is 0 Å². The second-order valence-corrected chi connectivity index (χ2v) is 7.33. The van der Waals surface area contributed by atoms with Crippen LogP contribution in [-0.2, 0) is 13.6 Å². The van der Waals surface area contributed by atoms with E-state index in [1.54, 1.807) is 0 Å². The molecule has 1 heterocycles. The maximum atomic E-state index is 2.41. The summed E-state index contributed by atoms with van der Waals surface area (Å²) in [5, 5.41) is 0. The molecule has 0 fully saturated rings. The first-order valence-electron chi connectivity index (χ1n) is 10.4. The first kappa shape index (κ1) is 19.8. The van der Waals surface area contributed by atoms with Gasteiger partial charge in [0.25, 0.3) is 5.82 Å². The Bertz CT molecular complexity index is 571. The summed E-state index contributed by atoms with van der Waals surface area (Å²) in [6, 6.07) is 10.7. The Morgan fingerprint density at radius 2 is 1.32 bits per heavy atom. The molecule has 0 amide bonds. The van der Waals surface area contributed by atoms with E-state index in [-0.39, 0.29) is 0 Å². The predicted molar refractivity (Wildman–Crippen MR) is 108 cm³/mol. The van der Waals surface area contributed by atoms with Crippen molar-refractivity contribution >= 4 is 0 Å². The fourth-order valence-corrected chi connectivity index (χ4v) is 3.61. The summed E-state index contributed by atoms with van der Waals surface area (Å²) in [6.07, 6.45) is 19.8. The fourth-order valence-electron chi connectivity index (χ4n) is 3.61. The lowest BCUT2D eigenvalue weighted by Crippen LogP contribution is -2.29. The van der Waals surface area contributed by atoms with Gasteiger partial charge in [0.1, 0.15) is 12.4 Å². The Morgan fingerprint density at radius 3 is 1.92 bits per heavy atom. The van der Waals surface area contributed by atoms with Crippen molar-refractivity contribution < 1.29 is 4.57 Å². The van der Waals surface area contributed by atoms with Gasteiger partial charge in [0.05, 0.1) is 19.2 Å². The van der Waals surface area contributed by atoms with Crippen molar-refractivity contribution in [1.29, 1.82) is 0 Å². The molecule has 0 bridgehead atoms. The lowest BCUT2D eigenvalue weighted by Gasteiger charge is -2.04. The molecule has 0 aliphatic rings. The molecule has 1 aromatic heterocycles. The summed E-state index contributed by atoms with van der Waals surface area (Å²) in [5.74, 6) is 1.31. The number of aromatic nitrogens is 2. The number of unbranched alkanes of at least 4 members (excludes halogenated alkanes) is 10. The molecule has 0 aliphatic heterocycles. The van der Waals surface area contributed by atoms with Gasteiger partial charge in [-0.25, -0.2) is 9.13 Å². The average molecular weight is 342 g/mol. The quantitative estimate of drug-likeness (QED) is 0.299. The number of hydrogen-bond donors (Lipinski definition) is 0. The molecule has 25 heavy (non-hydrogen) atoms. The van der Waals surface area contributed by atoms with E-state index in [1.165, 1.54) is 82.0 Å². The zero-order chi connectivity index (χ0) is 17.7. The summed E-state index contributed by atoms with van der Waals surface area (Å²) in [6.45, 7) is 3.42. The van der Waals surface area contributed by atoms with Gasteiger partial charge in [-0.05, 0) is 25.0 Å². The van der Waals surface area contributed by atoms with Gasteiger partial charge in [-0.3, -0.25) is 0 Å². The molecule has 1 aromatic carbocycles. The highest BCUT2D eigenvalue weighted by Gasteiger charge is 2.15. The molecule has 0 atom stereocenters. The fraction of sp³-hybridized carbons (Fsp3) is 0.609. The van der Waals surface area contributed by atoms with Crippen LogP contribution >= 0.6 is 0 Å². The van der Waals surface area contributed by atoms with Crippen LogP contribution in [0.1, 0.15) is 77.6 Å². The predicted octanol–water partition coefficient (Wildman–Crippen LogP) is 6.29. The average Bonchev–Trinajstić information content (AvgIpc) is 3.01. The van der Waals surface area contributed by atoms with E-state index in [9.17, 15) is 0 Å². The molecular weight excluding hydrogens is 304 g/mol. The van der Waals surface area contributed by atoms with Crippen LogP contribution in [-0.4, -0.2) is 4.57 Å². The van der Waals surface area contributed by atoms with Crippen LogP contribution < -0.4 is 4.57 Å². The molecule has 2 heteroatoms. The molecule has 0 unspecified atom stereocenters. The standard InChI is InChI=1S/C23H37N2/c1-3-4-5-6-7-8-9-10-11-12-16-19-25-21-20-24(2)23(25)22-17-14-13-15-18-22/h13-15,17-18,20-21H,3-12,16,19H2,1-2H3/q+1. The smallest absolute Gasteiger partial charge is 0.233 e. The molecule has 0 saturated heterocycles. The molecular formula is C23H37N2+. The third-order valence-corrected chi connectivity index (χ3v) is 5.11. The van der Waals surface area contributed by atoms with Crippen LogP contribution in [0.25, 0.3) is 11.4 Å². The lowest BCUT2D eigenvalue weighted by atomic mass is 10.1. The number of imidazole rings is 1. The van der Waals surface area contributed by atoms with Crippen molar-refractivity contribution in [2.75, 3.05) is 0 Å². The first-order chi connectivity index (χ1) is 12.3. The van der Waals surface area contributed by atoms with Crippen LogP contribution in [0.5, 0.6) is 0 Å². The maximum absolute atomic E-state index is 2.41. The summed E-state index contributed by atoms with van der Waals surface area (Å²) in [7, 11) is 2.14. The number of aryl methyl sites for hydroxylation is 2. The Morgan fingerprint density at radius 1 is 0.760 bits per heavy atom. The normalized spacial score (nSPS) is 11.1. The van der Waals surface area contributed by atoms with Crippen molar-refractivity contribution in [2.45, 2.75) is 84.1 Å². The van der Waals surface area contributed by atoms with Crippen LogP contribution in [0.3, 0.4) is 0 Å². The number of benzene rings is 1. The minimum absolute atomic E-state index is 1.13. The molecule has 0 N–H and O–H groups in total. The van der Waals surface area contributed by atoms with Gasteiger partial charge in [0, 0.05) is 0 Å². The highest BCUT2D eigenvalue weighted by molar-refractivity contribution is 5.52. The van der Waals surface area contributed by atoms with E-state index >= 15 is 0 Å². The number of nitrogens with zero attached hydrogens (tertiary/aromatic N) is 2. The zero-order valence-corrected chi connectivity index (χ0v) is 16.4.